The van der Waals surface area contributed by atoms with Gasteiger partial charge >= 0.3 is 6.03 Å². The molecule has 28 heavy (non-hydrogen) atoms. The fourth-order valence-corrected chi connectivity index (χ4v) is 4.68. The molecule has 3 amide bonds. The molecule has 1 fully saturated rings. The van der Waals surface area contributed by atoms with E-state index in [1.807, 2.05) is 24.3 Å². The molecule has 5 rings (SSSR count). The molecule has 6 nitrogen and oxygen atoms in total. The zero-order chi connectivity index (χ0) is 19.3. The van der Waals surface area contributed by atoms with Crippen molar-refractivity contribution in [3.63, 3.8) is 0 Å². The van der Waals surface area contributed by atoms with Crippen molar-refractivity contribution >= 4 is 23.5 Å². The topological polar surface area (TPSA) is 67.9 Å². The fourth-order valence-electron chi connectivity index (χ4n) is 4.39. The van der Waals surface area contributed by atoms with Crippen molar-refractivity contribution in [1.82, 2.24) is 10.2 Å². The minimum Gasteiger partial charge on any atom is -0.486 e. The van der Waals surface area contributed by atoms with Gasteiger partial charge in [0, 0.05) is 0 Å². The third kappa shape index (κ3) is 2.55. The van der Waals surface area contributed by atoms with Gasteiger partial charge in [0.05, 0.1) is 11.6 Å². The van der Waals surface area contributed by atoms with Gasteiger partial charge in [0.2, 0.25) is 0 Å². The van der Waals surface area contributed by atoms with Crippen LogP contribution in [0.3, 0.4) is 0 Å². The molecule has 0 radical (unpaired) electrons. The monoisotopic (exact) mass is 398 g/mol. The highest BCUT2D eigenvalue weighted by Crippen LogP contribution is 2.42. The number of benzene rings is 2. The van der Waals surface area contributed by atoms with Gasteiger partial charge in [0.25, 0.3) is 5.91 Å². The average molecular weight is 399 g/mol. The van der Waals surface area contributed by atoms with E-state index in [0.29, 0.717) is 36.2 Å². The van der Waals surface area contributed by atoms with E-state index in [2.05, 4.69) is 5.32 Å². The van der Waals surface area contributed by atoms with Crippen LogP contribution in [0.2, 0.25) is 5.02 Å². The van der Waals surface area contributed by atoms with Crippen molar-refractivity contribution < 1.29 is 19.1 Å². The van der Waals surface area contributed by atoms with E-state index in [9.17, 15) is 9.59 Å². The zero-order valence-electron chi connectivity index (χ0n) is 15.2. The van der Waals surface area contributed by atoms with Crippen LogP contribution in [-0.4, -0.2) is 30.1 Å². The summed E-state index contributed by atoms with van der Waals surface area (Å²) in [5.74, 6) is 0.834. The Hall–Kier alpha value is -2.73. The minimum absolute atomic E-state index is 0.130. The SMILES string of the molecule is O=C1NC2(CCCc3ccccc32)C(=O)N1Cc1cc(Cl)c2c(c1)OCCO2. The summed E-state index contributed by atoms with van der Waals surface area (Å²) < 4.78 is 11.1. The van der Waals surface area contributed by atoms with Crippen LogP contribution in [0.1, 0.15) is 29.5 Å². The lowest BCUT2D eigenvalue weighted by molar-refractivity contribution is -0.132. The number of hydrogen-bond acceptors (Lipinski definition) is 4. The molecule has 1 aliphatic carbocycles. The summed E-state index contributed by atoms with van der Waals surface area (Å²) in [7, 11) is 0. The Morgan fingerprint density at radius 1 is 1.14 bits per heavy atom. The van der Waals surface area contributed by atoms with Gasteiger partial charge < -0.3 is 14.8 Å². The number of fused-ring (bicyclic) bond motifs is 3. The standard InChI is InChI=1S/C21H19ClN2O4/c22-16-10-13(11-17-18(16)28-9-8-27-17)12-24-19(25)21(23-20(24)26)7-3-5-14-4-1-2-6-15(14)21/h1-2,4,6,10-11H,3,5,7-9,12H2,(H,23,26). The Kier molecular flexibility index (Phi) is 3.98. The molecule has 1 unspecified atom stereocenters. The van der Waals surface area contributed by atoms with Crippen LogP contribution in [0.5, 0.6) is 11.5 Å². The van der Waals surface area contributed by atoms with E-state index < -0.39 is 5.54 Å². The average Bonchev–Trinajstić information content (AvgIpc) is 2.93. The maximum Gasteiger partial charge on any atom is 0.325 e. The number of urea groups is 1. The maximum absolute atomic E-state index is 13.4. The van der Waals surface area contributed by atoms with E-state index in [1.54, 1.807) is 12.1 Å². The quantitative estimate of drug-likeness (QED) is 0.787. The number of halogens is 1. The summed E-state index contributed by atoms with van der Waals surface area (Å²) >= 11 is 6.31. The van der Waals surface area contributed by atoms with Gasteiger partial charge in [-0.25, -0.2) is 4.79 Å². The van der Waals surface area contributed by atoms with Crippen molar-refractivity contribution in [3.8, 4) is 11.5 Å². The first-order chi connectivity index (χ1) is 13.6. The molecule has 0 saturated carbocycles. The number of rotatable bonds is 2. The van der Waals surface area contributed by atoms with Gasteiger partial charge in [0.1, 0.15) is 18.8 Å². The van der Waals surface area contributed by atoms with Gasteiger partial charge in [0.15, 0.2) is 11.5 Å². The Balaban J connectivity index is 1.48. The second-order valence-corrected chi connectivity index (χ2v) is 7.75. The lowest BCUT2D eigenvalue weighted by Crippen LogP contribution is -2.46. The second-order valence-electron chi connectivity index (χ2n) is 7.34. The summed E-state index contributed by atoms with van der Waals surface area (Å²) in [6.07, 6.45) is 2.37. The molecule has 0 aromatic heterocycles. The molecule has 3 aliphatic rings. The van der Waals surface area contributed by atoms with E-state index in [1.165, 1.54) is 4.90 Å². The molecule has 2 heterocycles. The fraction of sp³-hybridized carbons (Fsp3) is 0.333. The lowest BCUT2D eigenvalue weighted by Gasteiger charge is -2.33. The Morgan fingerprint density at radius 3 is 2.86 bits per heavy atom. The van der Waals surface area contributed by atoms with E-state index >= 15 is 0 Å². The van der Waals surface area contributed by atoms with Crippen LogP contribution >= 0.6 is 11.6 Å². The Bertz CT molecular complexity index is 992. The summed E-state index contributed by atoms with van der Waals surface area (Å²) in [4.78, 5) is 27.4. The van der Waals surface area contributed by atoms with Crippen molar-refractivity contribution in [3.05, 3.63) is 58.1 Å². The van der Waals surface area contributed by atoms with Gasteiger partial charge in [-0.2, -0.15) is 0 Å². The molecule has 1 saturated heterocycles. The molecule has 1 atom stereocenters. The molecular weight excluding hydrogens is 380 g/mol. The Labute approximate surface area is 167 Å². The molecule has 0 bridgehead atoms. The smallest absolute Gasteiger partial charge is 0.325 e. The second kappa shape index (κ2) is 6.41. The molecule has 7 heteroatoms. The predicted octanol–water partition coefficient (Wildman–Crippen LogP) is 3.39. The molecule has 2 aromatic carbocycles. The molecular formula is C21H19ClN2O4. The zero-order valence-corrected chi connectivity index (χ0v) is 15.9. The molecule has 2 aliphatic heterocycles. The maximum atomic E-state index is 13.4. The number of aryl methyl sites for hydroxylation is 1. The highest BCUT2D eigenvalue weighted by atomic mass is 35.5. The summed E-state index contributed by atoms with van der Waals surface area (Å²) in [5.41, 5.74) is 1.77. The molecule has 2 aromatic rings. The molecule has 144 valence electrons. The number of carbonyl (C=O) groups excluding carboxylic acids is 2. The first kappa shape index (κ1) is 17.4. The Morgan fingerprint density at radius 2 is 1.96 bits per heavy atom. The van der Waals surface area contributed by atoms with Crippen LogP contribution < -0.4 is 14.8 Å². The van der Waals surface area contributed by atoms with Gasteiger partial charge in [-0.05, 0) is 48.1 Å². The van der Waals surface area contributed by atoms with Crippen LogP contribution in [-0.2, 0) is 23.3 Å². The predicted molar refractivity (Wildman–Crippen MR) is 103 cm³/mol. The lowest BCUT2D eigenvalue weighted by atomic mass is 9.76. The number of hydrogen-bond donors (Lipinski definition) is 1. The van der Waals surface area contributed by atoms with Crippen molar-refractivity contribution in [2.45, 2.75) is 31.3 Å². The van der Waals surface area contributed by atoms with Crippen LogP contribution in [0.25, 0.3) is 0 Å². The van der Waals surface area contributed by atoms with Gasteiger partial charge in [-0.3, -0.25) is 9.69 Å². The van der Waals surface area contributed by atoms with Crippen LogP contribution in [0, 0.1) is 0 Å². The largest absolute Gasteiger partial charge is 0.486 e. The van der Waals surface area contributed by atoms with E-state index in [0.717, 1.165) is 29.5 Å². The number of ether oxygens (including phenoxy) is 2. The first-order valence-electron chi connectivity index (χ1n) is 9.39. The molecule has 1 N–H and O–H groups in total. The number of amides is 3. The van der Waals surface area contributed by atoms with Crippen molar-refractivity contribution in [1.29, 1.82) is 0 Å². The van der Waals surface area contributed by atoms with Gasteiger partial charge in [-0.15, -0.1) is 0 Å². The number of nitrogens with one attached hydrogen (secondary N) is 1. The van der Waals surface area contributed by atoms with E-state index in [-0.39, 0.29) is 18.5 Å². The number of imide groups is 1. The highest BCUT2D eigenvalue weighted by molar-refractivity contribution is 6.32. The van der Waals surface area contributed by atoms with Crippen LogP contribution in [0.15, 0.2) is 36.4 Å². The highest BCUT2D eigenvalue weighted by Gasteiger charge is 2.53. The number of carbonyl (C=O) groups is 2. The summed E-state index contributed by atoms with van der Waals surface area (Å²) in [6.45, 7) is 1.02. The normalized spacial score (nSPS) is 23.0. The number of nitrogens with zero attached hydrogens (tertiary/aromatic N) is 1. The third-order valence-electron chi connectivity index (χ3n) is 5.65. The first-order valence-corrected chi connectivity index (χ1v) is 9.77. The molecule has 1 spiro atoms. The summed E-state index contributed by atoms with van der Waals surface area (Å²) in [6, 6.07) is 11.0. The van der Waals surface area contributed by atoms with E-state index in [4.69, 9.17) is 21.1 Å². The van der Waals surface area contributed by atoms with Crippen molar-refractivity contribution in [2.24, 2.45) is 0 Å². The minimum atomic E-state index is -0.969. The van der Waals surface area contributed by atoms with Gasteiger partial charge in [-0.1, -0.05) is 35.9 Å². The van der Waals surface area contributed by atoms with Crippen LogP contribution in [0.4, 0.5) is 4.79 Å². The third-order valence-corrected chi connectivity index (χ3v) is 5.93. The summed E-state index contributed by atoms with van der Waals surface area (Å²) in [5, 5.41) is 3.38. The van der Waals surface area contributed by atoms with Crippen molar-refractivity contribution in [2.75, 3.05) is 13.2 Å².